The van der Waals surface area contributed by atoms with Crippen molar-refractivity contribution in [2.24, 2.45) is 11.8 Å². The van der Waals surface area contributed by atoms with Gasteiger partial charge in [0.25, 0.3) is 0 Å². The Kier molecular flexibility index (Phi) is 2.59. The molecular weight excluding hydrogens is 212 g/mol. The van der Waals surface area contributed by atoms with Crippen molar-refractivity contribution in [1.82, 2.24) is 0 Å². The number of fused-ring (bicyclic) bond motifs is 1. The normalized spacial score (nSPS) is 36.5. The molecule has 2 aliphatic rings. The molecule has 2 atom stereocenters. The van der Waals surface area contributed by atoms with Gasteiger partial charge in [0.15, 0.2) is 0 Å². The first-order valence-electron chi connectivity index (χ1n) is 6.24. The molecule has 0 amide bonds. The summed E-state index contributed by atoms with van der Waals surface area (Å²) in [7, 11) is 0. The maximum atomic E-state index is 4.09. The van der Waals surface area contributed by atoms with Crippen LogP contribution in [0.1, 0.15) is 25.7 Å². The minimum absolute atomic E-state index is 0.373. The summed E-state index contributed by atoms with van der Waals surface area (Å²) in [6.45, 7) is 4.09. The smallest absolute Gasteiger partial charge is 0.0446 e. The van der Waals surface area contributed by atoms with Gasteiger partial charge in [0.2, 0.25) is 0 Å². The largest absolute Gasteiger partial charge is 0.115 e. The Morgan fingerprint density at radius 2 is 1.75 bits per heavy atom. The van der Waals surface area contributed by atoms with Gasteiger partial charge in [0.05, 0.1) is 0 Å². The van der Waals surface area contributed by atoms with Crippen LogP contribution in [0.15, 0.2) is 47.9 Å². The Bertz CT molecular complexity index is 370. The standard InChI is InChI=1S/C15H18S/c1-2-15(13-10-6-7-11-14(13)15)16-12-8-4-3-5-9-12/h2-5,8-9,13-14H,1,6-7,10-11H2. The van der Waals surface area contributed by atoms with Crippen molar-refractivity contribution < 1.29 is 0 Å². The first kappa shape index (κ1) is 10.5. The van der Waals surface area contributed by atoms with Gasteiger partial charge in [-0.05, 0) is 36.8 Å². The van der Waals surface area contributed by atoms with Crippen LogP contribution in [0.2, 0.25) is 0 Å². The van der Waals surface area contributed by atoms with Crippen LogP contribution in [0.25, 0.3) is 0 Å². The monoisotopic (exact) mass is 230 g/mol. The molecule has 2 unspecified atom stereocenters. The van der Waals surface area contributed by atoms with Crippen LogP contribution in [-0.2, 0) is 0 Å². The maximum absolute atomic E-state index is 4.09. The van der Waals surface area contributed by atoms with E-state index in [0.29, 0.717) is 4.75 Å². The summed E-state index contributed by atoms with van der Waals surface area (Å²) in [6, 6.07) is 10.8. The Hall–Kier alpha value is -0.690. The maximum Gasteiger partial charge on any atom is 0.0446 e. The van der Waals surface area contributed by atoms with Crippen molar-refractivity contribution in [1.29, 1.82) is 0 Å². The van der Waals surface area contributed by atoms with Crippen molar-refractivity contribution in [2.45, 2.75) is 35.3 Å². The third-order valence-electron chi connectivity index (χ3n) is 4.17. The molecule has 16 heavy (non-hydrogen) atoms. The fraction of sp³-hybridized carbons (Fsp3) is 0.467. The van der Waals surface area contributed by atoms with E-state index in [-0.39, 0.29) is 0 Å². The predicted molar refractivity (Wildman–Crippen MR) is 70.7 cm³/mol. The molecule has 0 aliphatic heterocycles. The van der Waals surface area contributed by atoms with Crippen molar-refractivity contribution in [3.05, 3.63) is 43.0 Å². The molecule has 0 spiro atoms. The van der Waals surface area contributed by atoms with Gasteiger partial charge in [-0.25, -0.2) is 0 Å². The lowest BCUT2D eigenvalue weighted by Crippen LogP contribution is -2.02. The highest BCUT2D eigenvalue weighted by atomic mass is 32.2. The third kappa shape index (κ3) is 1.53. The summed E-state index contributed by atoms with van der Waals surface area (Å²) in [4.78, 5) is 1.40. The van der Waals surface area contributed by atoms with E-state index in [2.05, 4.69) is 43.0 Å². The van der Waals surface area contributed by atoms with Crippen molar-refractivity contribution in [2.75, 3.05) is 0 Å². The zero-order valence-corrected chi connectivity index (χ0v) is 10.4. The summed E-state index contributed by atoms with van der Waals surface area (Å²) in [5.74, 6) is 1.81. The second-order valence-corrected chi connectivity index (χ2v) is 6.35. The lowest BCUT2D eigenvalue weighted by atomic mass is 10.0. The zero-order chi connectivity index (χ0) is 11.0. The summed E-state index contributed by atoms with van der Waals surface area (Å²) < 4.78 is 0.373. The Morgan fingerprint density at radius 1 is 1.12 bits per heavy atom. The van der Waals surface area contributed by atoms with E-state index < -0.39 is 0 Å². The van der Waals surface area contributed by atoms with E-state index in [1.165, 1.54) is 30.6 Å². The molecular formula is C15H18S. The van der Waals surface area contributed by atoms with E-state index in [4.69, 9.17) is 0 Å². The van der Waals surface area contributed by atoms with E-state index >= 15 is 0 Å². The molecule has 0 aromatic heterocycles. The average Bonchev–Trinajstić information content (AvgIpc) is 3.00. The number of rotatable bonds is 3. The SMILES string of the molecule is C=CC1(Sc2ccccc2)C2CCCCC21. The van der Waals surface area contributed by atoms with Crippen LogP contribution in [0.3, 0.4) is 0 Å². The molecule has 0 nitrogen and oxygen atoms in total. The third-order valence-corrected chi connectivity index (χ3v) is 5.81. The lowest BCUT2D eigenvalue weighted by Gasteiger charge is -2.12. The van der Waals surface area contributed by atoms with Gasteiger partial charge < -0.3 is 0 Å². The van der Waals surface area contributed by atoms with E-state index in [0.717, 1.165) is 11.8 Å². The Morgan fingerprint density at radius 3 is 2.31 bits per heavy atom. The first-order valence-corrected chi connectivity index (χ1v) is 7.06. The Labute approximate surface area is 102 Å². The fourth-order valence-electron chi connectivity index (χ4n) is 3.30. The summed E-state index contributed by atoms with van der Waals surface area (Å²) >= 11 is 2.04. The lowest BCUT2D eigenvalue weighted by molar-refractivity contribution is 0.480. The van der Waals surface area contributed by atoms with E-state index in [1.807, 2.05) is 11.8 Å². The van der Waals surface area contributed by atoms with Gasteiger partial charge in [-0.15, -0.1) is 18.3 Å². The minimum Gasteiger partial charge on any atom is -0.115 e. The fourth-order valence-corrected chi connectivity index (χ4v) is 4.89. The van der Waals surface area contributed by atoms with Gasteiger partial charge >= 0.3 is 0 Å². The average molecular weight is 230 g/mol. The predicted octanol–water partition coefficient (Wildman–Crippen LogP) is 4.52. The van der Waals surface area contributed by atoms with Gasteiger partial charge in [-0.2, -0.15) is 0 Å². The molecule has 2 aliphatic carbocycles. The molecule has 2 saturated carbocycles. The second kappa shape index (κ2) is 3.96. The van der Waals surface area contributed by atoms with Crippen molar-refractivity contribution >= 4 is 11.8 Å². The Balaban J connectivity index is 1.80. The van der Waals surface area contributed by atoms with Gasteiger partial charge in [-0.3, -0.25) is 0 Å². The van der Waals surface area contributed by atoms with Gasteiger partial charge in [0, 0.05) is 9.64 Å². The number of hydrogen-bond acceptors (Lipinski definition) is 1. The minimum atomic E-state index is 0.373. The highest BCUT2D eigenvalue weighted by molar-refractivity contribution is 8.01. The second-order valence-electron chi connectivity index (χ2n) is 4.97. The summed E-state index contributed by atoms with van der Waals surface area (Å²) in [5.41, 5.74) is 0. The van der Waals surface area contributed by atoms with Crippen LogP contribution in [0.4, 0.5) is 0 Å². The van der Waals surface area contributed by atoms with Crippen molar-refractivity contribution in [3.63, 3.8) is 0 Å². The van der Waals surface area contributed by atoms with Crippen LogP contribution in [0, 0.1) is 11.8 Å². The molecule has 0 N–H and O–H groups in total. The van der Waals surface area contributed by atoms with Gasteiger partial charge in [0.1, 0.15) is 0 Å². The number of benzene rings is 1. The van der Waals surface area contributed by atoms with Crippen LogP contribution >= 0.6 is 11.8 Å². The molecule has 1 heteroatoms. The molecule has 2 fully saturated rings. The van der Waals surface area contributed by atoms with Crippen LogP contribution < -0.4 is 0 Å². The molecule has 0 heterocycles. The van der Waals surface area contributed by atoms with Crippen LogP contribution in [-0.4, -0.2) is 4.75 Å². The summed E-state index contributed by atoms with van der Waals surface area (Å²) in [6.07, 6.45) is 7.90. The topological polar surface area (TPSA) is 0 Å². The van der Waals surface area contributed by atoms with Crippen LogP contribution in [0.5, 0.6) is 0 Å². The van der Waals surface area contributed by atoms with Gasteiger partial charge in [-0.1, -0.05) is 37.1 Å². The van der Waals surface area contributed by atoms with E-state index in [1.54, 1.807) is 0 Å². The first-order chi connectivity index (χ1) is 7.87. The molecule has 1 aromatic rings. The molecule has 0 saturated heterocycles. The molecule has 84 valence electrons. The van der Waals surface area contributed by atoms with E-state index in [9.17, 15) is 0 Å². The quantitative estimate of drug-likeness (QED) is 0.688. The highest BCUT2D eigenvalue weighted by Gasteiger charge is 2.63. The molecule has 1 aromatic carbocycles. The number of thioether (sulfide) groups is 1. The summed E-state index contributed by atoms with van der Waals surface area (Å²) in [5, 5.41) is 0. The molecule has 0 bridgehead atoms. The van der Waals surface area contributed by atoms with Crippen molar-refractivity contribution in [3.8, 4) is 0 Å². The zero-order valence-electron chi connectivity index (χ0n) is 9.56. The molecule has 3 rings (SSSR count). The molecule has 0 radical (unpaired) electrons. The highest BCUT2D eigenvalue weighted by Crippen LogP contribution is 2.67. The number of hydrogen-bond donors (Lipinski definition) is 0.